The number of amides is 1. The first-order valence-corrected chi connectivity index (χ1v) is 6.45. The van der Waals surface area contributed by atoms with Crippen molar-refractivity contribution < 1.29 is 13.2 Å². The van der Waals surface area contributed by atoms with Crippen LogP contribution in [0.5, 0.6) is 0 Å². The molecule has 0 saturated heterocycles. The number of hydrogen-bond acceptors (Lipinski definition) is 3. The van der Waals surface area contributed by atoms with Gasteiger partial charge in [-0.3, -0.25) is 4.79 Å². The zero-order valence-electron chi connectivity index (χ0n) is 8.21. The van der Waals surface area contributed by atoms with E-state index in [2.05, 4.69) is 10.0 Å². The Bertz CT molecular complexity index is 279. The summed E-state index contributed by atoms with van der Waals surface area (Å²) in [6.45, 7) is 3.72. The van der Waals surface area contributed by atoms with Crippen molar-refractivity contribution in [1.82, 2.24) is 10.0 Å². The van der Waals surface area contributed by atoms with Crippen LogP contribution in [-0.2, 0) is 14.8 Å². The van der Waals surface area contributed by atoms with Gasteiger partial charge in [-0.2, -0.15) is 0 Å². The van der Waals surface area contributed by atoms with Gasteiger partial charge in [-0.1, -0.05) is 0 Å². The van der Waals surface area contributed by atoms with Crippen molar-refractivity contribution in [3.8, 4) is 0 Å². The molecule has 0 aliphatic carbocycles. The third-order valence-corrected chi connectivity index (χ3v) is 3.31. The molecule has 0 aliphatic rings. The van der Waals surface area contributed by atoms with E-state index in [-0.39, 0.29) is 17.5 Å². The maximum Gasteiger partial charge on any atom is 0.237 e. The molecule has 0 aliphatic heterocycles. The van der Waals surface area contributed by atoms with Crippen molar-refractivity contribution in [2.24, 2.45) is 0 Å². The number of likely N-dealkylation sites (N-methyl/N-ethyl adjacent to an activating group) is 1. The highest BCUT2D eigenvalue weighted by molar-refractivity contribution is 7.89. The minimum atomic E-state index is -3.44. The van der Waals surface area contributed by atoms with Crippen LogP contribution in [0.4, 0.5) is 0 Å². The van der Waals surface area contributed by atoms with Crippen LogP contribution in [0.1, 0.15) is 13.8 Å². The second kappa shape index (κ2) is 6.21. The highest BCUT2D eigenvalue weighted by Gasteiger charge is 2.18. The minimum absolute atomic E-state index is 0.0114. The van der Waals surface area contributed by atoms with Gasteiger partial charge in [0.25, 0.3) is 0 Å². The Morgan fingerprint density at radius 3 is 2.50 bits per heavy atom. The normalized spacial score (nSPS) is 13.6. The molecule has 2 N–H and O–H groups in total. The summed E-state index contributed by atoms with van der Waals surface area (Å²) >= 11 is 5.29. The maximum atomic E-state index is 11.2. The van der Waals surface area contributed by atoms with Crippen LogP contribution in [0.15, 0.2) is 0 Å². The topological polar surface area (TPSA) is 75.3 Å². The lowest BCUT2D eigenvalue weighted by Crippen LogP contribution is -2.45. The summed E-state index contributed by atoms with van der Waals surface area (Å²) in [4.78, 5) is 11.2. The first kappa shape index (κ1) is 13.7. The van der Waals surface area contributed by atoms with Crippen molar-refractivity contribution in [2.45, 2.75) is 19.9 Å². The number of rotatable bonds is 6. The molecule has 0 heterocycles. The summed E-state index contributed by atoms with van der Waals surface area (Å²) in [6, 6.07) is -0.761. The highest BCUT2D eigenvalue weighted by atomic mass is 35.5. The Morgan fingerprint density at radius 2 is 2.07 bits per heavy atom. The average molecular weight is 243 g/mol. The van der Waals surface area contributed by atoms with Gasteiger partial charge in [-0.05, 0) is 13.8 Å². The molecule has 0 fully saturated rings. The Morgan fingerprint density at radius 1 is 1.50 bits per heavy atom. The van der Waals surface area contributed by atoms with Gasteiger partial charge in [-0.15, -0.1) is 11.6 Å². The van der Waals surface area contributed by atoms with Gasteiger partial charge < -0.3 is 5.32 Å². The number of nitrogens with one attached hydrogen (secondary N) is 2. The van der Waals surface area contributed by atoms with E-state index in [1.807, 2.05) is 0 Å². The molecule has 0 aromatic carbocycles. The fourth-order valence-corrected chi connectivity index (χ4v) is 2.39. The van der Waals surface area contributed by atoms with Gasteiger partial charge in [0.15, 0.2) is 0 Å². The lowest BCUT2D eigenvalue weighted by molar-refractivity contribution is -0.122. The third-order valence-electron chi connectivity index (χ3n) is 1.45. The maximum absolute atomic E-state index is 11.2. The van der Waals surface area contributed by atoms with Crippen LogP contribution < -0.4 is 10.0 Å². The largest absolute Gasteiger partial charge is 0.355 e. The molecule has 7 heteroatoms. The Balaban J connectivity index is 4.17. The number of sulfonamides is 1. The van der Waals surface area contributed by atoms with E-state index in [9.17, 15) is 13.2 Å². The van der Waals surface area contributed by atoms with Crippen LogP contribution in [0.2, 0.25) is 0 Å². The summed E-state index contributed by atoms with van der Waals surface area (Å²) in [6.07, 6.45) is 0. The molecule has 0 radical (unpaired) electrons. The van der Waals surface area contributed by atoms with E-state index in [4.69, 9.17) is 11.6 Å². The molecular weight excluding hydrogens is 228 g/mol. The van der Waals surface area contributed by atoms with Crippen LogP contribution >= 0.6 is 11.6 Å². The molecule has 0 aromatic rings. The molecule has 1 amide bonds. The average Bonchev–Trinajstić information content (AvgIpc) is 2.03. The van der Waals surface area contributed by atoms with Gasteiger partial charge in [0.05, 0.1) is 11.8 Å². The minimum Gasteiger partial charge on any atom is -0.355 e. The summed E-state index contributed by atoms with van der Waals surface area (Å²) < 4.78 is 24.6. The lowest BCUT2D eigenvalue weighted by Gasteiger charge is -2.12. The smallest absolute Gasteiger partial charge is 0.237 e. The van der Waals surface area contributed by atoms with E-state index in [1.165, 1.54) is 6.92 Å². The first-order valence-electron chi connectivity index (χ1n) is 4.26. The highest BCUT2D eigenvalue weighted by Crippen LogP contribution is 1.91. The fraction of sp³-hybridized carbons (Fsp3) is 0.857. The third kappa shape index (κ3) is 5.41. The van der Waals surface area contributed by atoms with Crippen molar-refractivity contribution in [3.05, 3.63) is 0 Å². The Hall–Kier alpha value is -0.330. The second-order valence-electron chi connectivity index (χ2n) is 2.74. The van der Waals surface area contributed by atoms with Crippen LogP contribution in [0, 0.1) is 0 Å². The van der Waals surface area contributed by atoms with E-state index in [1.54, 1.807) is 6.92 Å². The van der Waals surface area contributed by atoms with Gasteiger partial charge in [0.1, 0.15) is 0 Å². The van der Waals surface area contributed by atoms with Gasteiger partial charge >= 0.3 is 0 Å². The monoisotopic (exact) mass is 242 g/mol. The van der Waals surface area contributed by atoms with Gasteiger partial charge in [-0.25, -0.2) is 13.1 Å². The SMILES string of the molecule is CCNC(=O)C(C)NS(=O)(=O)CCCl. The second-order valence-corrected chi connectivity index (χ2v) is 4.99. The zero-order valence-corrected chi connectivity index (χ0v) is 9.78. The van der Waals surface area contributed by atoms with Crippen LogP contribution in [0.3, 0.4) is 0 Å². The summed E-state index contributed by atoms with van der Waals surface area (Å²) in [7, 11) is -3.44. The standard InChI is InChI=1S/C7H15ClN2O3S/c1-3-9-7(11)6(2)10-14(12,13)5-4-8/h6,10H,3-5H2,1-2H3,(H,9,11). The Labute approximate surface area is 89.3 Å². The summed E-state index contributed by atoms with van der Waals surface area (Å²) in [5.74, 6) is -0.513. The van der Waals surface area contributed by atoms with Crippen molar-refractivity contribution >= 4 is 27.5 Å². The molecular formula is C7H15ClN2O3S. The fourth-order valence-electron chi connectivity index (χ4n) is 0.811. The molecule has 0 rings (SSSR count). The van der Waals surface area contributed by atoms with E-state index < -0.39 is 16.1 Å². The number of carbonyl (C=O) groups is 1. The van der Waals surface area contributed by atoms with Crippen molar-refractivity contribution in [1.29, 1.82) is 0 Å². The van der Waals surface area contributed by atoms with Gasteiger partial charge in [0, 0.05) is 12.4 Å². The zero-order chi connectivity index (χ0) is 11.2. The van der Waals surface area contributed by atoms with Crippen molar-refractivity contribution in [2.75, 3.05) is 18.2 Å². The number of alkyl halides is 1. The molecule has 1 atom stereocenters. The number of halogens is 1. The number of hydrogen-bond donors (Lipinski definition) is 2. The van der Waals surface area contributed by atoms with Crippen LogP contribution in [-0.4, -0.2) is 38.5 Å². The molecule has 0 bridgehead atoms. The molecule has 0 saturated carbocycles. The molecule has 0 aromatic heterocycles. The van der Waals surface area contributed by atoms with E-state index >= 15 is 0 Å². The van der Waals surface area contributed by atoms with E-state index in [0.717, 1.165) is 0 Å². The van der Waals surface area contributed by atoms with E-state index in [0.29, 0.717) is 6.54 Å². The molecule has 0 spiro atoms. The molecule has 84 valence electrons. The van der Waals surface area contributed by atoms with Gasteiger partial charge in [0.2, 0.25) is 15.9 Å². The number of carbonyl (C=O) groups excluding carboxylic acids is 1. The Kier molecular flexibility index (Phi) is 6.06. The molecule has 1 unspecified atom stereocenters. The first-order chi connectivity index (χ1) is 6.43. The van der Waals surface area contributed by atoms with Crippen molar-refractivity contribution in [3.63, 3.8) is 0 Å². The molecule has 14 heavy (non-hydrogen) atoms. The quantitative estimate of drug-likeness (QED) is 0.627. The summed E-state index contributed by atoms with van der Waals surface area (Å²) in [5, 5.41) is 2.51. The predicted molar refractivity (Wildman–Crippen MR) is 55.8 cm³/mol. The van der Waals surface area contributed by atoms with Crippen LogP contribution in [0.25, 0.3) is 0 Å². The summed E-state index contributed by atoms with van der Waals surface area (Å²) in [5.41, 5.74) is 0. The predicted octanol–water partition coefficient (Wildman–Crippen LogP) is -0.331. The lowest BCUT2D eigenvalue weighted by atomic mass is 10.3. The molecule has 5 nitrogen and oxygen atoms in total.